The first kappa shape index (κ1) is 17.6. The van der Waals surface area contributed by atoms with Crippen LogP contribution in [-0.2, 0) is 4.74 Å². The van der Waals surface area contributed by atoms with Crippen molar-refractivity contribution < 1.29 is 9.53 Å². The molecule has 1 saturated carbocycles. The molecular weight excluding hydrogens is 276 g/mol. The van der Waals surface area contributed by atoms with Gasteiger partial charge in [-0.2, -0.15) is 0 Å². The topological polar surface area (TPSA) is 41.6 Å². The third kappa shape index (κ3) is 5.15. The molecule has 0 bridgehead atoms. The van der Waals surface area contributed by atoms with E-state index >= 15 is 0 Å². The van der Waals surface area contributed by atoms with E-state index in [4.69, 9.17) is 4.74 Å². The monoisotopic (exact) mass is 310 g/mol. The molecule has 0 aromatic rings. The Balaban J connectivity index is 1.82. The van der Waals surface area contributed by atoms with Crippen LogP contribution in [0.3, 0.4) is 0 Å². The Kier molecular flexibility index (Phi) is 5.41. The minimum Gasteiger partial charge on any atom is -0.444 e. The van der Waals surface area contributed by atoms with E-state index in [1.807, 2.05) is 25.7 Å². The van der Waals surface area contributed by atoms with Crippen LogP contribution < -0.4 is 5.32 Å². The second-order valence-corrected chi connectivity index (χ2v) is 8.84. The number of hydrogen-bond donors (Lipinski definition) is 1. The van der Waals surface area contributed by atoms with Gasteiger partial charge in [-0.1, -0.05) is 20.3 Å². The molecule has 4 heteroatoms. The highest BCUT2D eigenvalue weighted by Gasteiger charge is 2.33. The molecular formula is C18H34N2O2. The fourth-order valence-corrected chi connectivity index (χ4v) is 3.78. The Morgan fingerprint density at radius 2 is 2.00 bits per heavy atom. The summed E-state index contributed by atoms with van der Waals surface area (Å²) < 4.78 is 5.54. The number of carbonyl (C=O) groups excluding carboxylic acids is 1. The lowest BCUT2D eigenvalue weighted by Crippen LogP contribution is -2.47. The highest BCUT2D eigenvalue weighted by atomic mass is 16.6. The molecule has 1 amide bonds. The molecule has 1 aliphatic heterocycles. The molecule has 0 radical (unpaired) electrons. The lowest BCUT2D eigenvalue weighted by molar-refractivity contribution is 0.0222. The average molecular weight is 310 g/mol. The summed E-state index contributed by atoms with van der Waals surface area (Å²) in [5.74, 6) is 0. The van der Waals surface area contributed by atoms with Crippen molar-refractivity contribution in [2.75, 3.05) is 13.1 Å². The number of likely N-dealkylation sites (tertiary alicyclic amines) is 1. The van der Waals surface area contributed by atoms with Crippen molar-refractivity contribution in [1.82, 2.24) is 10.2 Å². The van der Waals surface area contributed by atoms with E-state index in [2.05, 4.69) is 19.2 Å². The normalized spacial score (nSPS) is 28.7. The van der Waals surface area contributed by atoms with Gasteiger partial charge < -0.3 is 15.0 Å². The van der Waals surface area contributed by atoms with E-state index in [0.29, 0.717) is 17.5 Å². The summed E-state index contributed by atoms with van der Waals surface area (Å²) in [5.41, 5.74) is 0.0431. The van der Waals surface area contributed by atoms with Crippen LogP contribution in [0.5, 0.6) is 0 Å². The van der Waals surface area contributed by atoms with Crippen LogP contribution in [0.2, 0.25) is 0 Å². The molecule has 0 aromatic carbocycles. The fraction of sp³-hybridized carbons (Fsp3) is 0.944. The predicted molar refractivity (Wildman–Crippen MR) is 90.0 cm³/mol. The number of nitrogens with zero attached hydrogens (tertiary/aromatic N) is 1. The van der Waals surface area contributed by atoms with Gasteiger partial charge in [0.2, 0.25) is 0 Å². The van der Waals surface area contributed by atoms with Gasteiger partial charge in [-0.15, -0.1) is 0 Å². The first-order valence-electron chi connectivity index (χ1n) is 8.89. The second kappa shape index (κ2) is 6.77. The molecule has 1 aliphatic carbocycles. The van der Waals surface area contributed by atoms with Gasteiger partial charge in [0, 0.05) is 25.2 Å². The number of amides is 1. The largest absolute Gasteiger partial charge is 0.444 e. The van der Waals surface area contributed by atoms with Crippen molar-refractivity contribution in [2.24, 2.45) is 5.41 Å². The van der Waals surface area contributed by atoms with Gasteiger partial charge in [-0.25, -0.2) is 4.79 Å². The van der Waals surface area contributed by atoms with Crippen LogP contribution in [0.4, 0.5) is 4.79 Å². The Hall–Kier alpha value is -0.770. The molecule has 0 aromatic heterocycles. The van der Waals surface area contributed by atoms with Crippen molar-refractivity contribution in [2.45, 2.75) is 90.8 Å². The maximum Gasteiger partial charge on any atom is 0.410 e. The first-order chi connectivity index (χ1) is 10.2. The number of ether oxygens (including phenoxy) is 1. The maximum atomic E-state index is 12.3. The van der Waals surface area contributed by atoms with Crippen molar-refractivity contribution in [3.63, 3.8) is 0 Å². The molecule has 1 saturated heterocycles. The van der Waals surface area contributed by atoms with Crippen molar-refractivity contribution in [3.05, 3.63) is 0 Å². The maximum absolute atomic E-state index is 12.3. The summed E-state index contributed by atoms with van der Waals surface area (Å²) in [5, 5.41) is 3.72. The highest BCUT2D eigenvalue weighted by Crippen LogP contribution is 2.35. The third-order valence-corrected chi connectivity index (χ3v) is 4.85. The second-order valence-electron chi connectivity index (χ2n) is 8.84. The third-order valence-electron chi connectivity index (χ3n) is 4.85. The van der Waals surface area contributed by atoms with Gasteiger partial charge in [0.05, 0.1) is 0 Å². The summed E-state index contributed by atoms with van der Waals surface area (Å²) in [6.45, 7) is 12.2. The van der Waals surface area contributed by atoms with Gasteiger partial charge in [0.15, 0.2) is 0 Å². The quantitative estimate of drug-likeness (QED) is 0.858. The molecule has 4 nitrogen and oxygen atoms in total. The Morgan fingerprint density at radius 3 is 2.64 bits per heavy atom. The zero-order valence-corrected chi connectivity index (χ0v) is 15.1. The van der Waals surface area contributed by atoms with Gasteiger partial charge in [-0.05, 0) is 58.3 Å². The van der Waals surface area contributed by atoms with Gasteiger partial charge >= 0.3 is 6.09 Å². The molecule has 1 heterocycles. The average Bonchev–Trinajstić information content (AvgIpc) is 2.81. The number of hydrogen-bond acceptors (Lipinski definition) is 3. The van der Waals surface area contributed by atoms with Crippen LogP contribution >= 0.6 is 0 Å². The summed E-state index contributed by atoms with van der Waals surface area (Å²) in [7, 11) is 0. The number of nitrogens with one attached hydrogen (secondary N) is 1. The van der Waals surface area contributed by atoms with E-state index in [-0.39, 0.29) is 6.09 Å². The van der Waals surface area contributed by atoms with Crippen LogP contribution in [0, 0.1) is 5.41 Å². The number of rotatable bonds is 3. The zero-order chi connectivity index (χ0) is 16.4. The molecule has 2 unspecified atom stereocenters. The number of carbonyl (C=O) groups is 1. The van der Waals surface area contributed by atoms with Crippen LogP contribution in [0.25, 0.3) is 0 Å². The molecule has 22 heavy (non-hydrogen) atoms. The van der Waals surface area contributed by atoms with E-state index < -0.39 is 5.60 Å². The Morgan fingerprint density at radius 1 is 1.27 bits per heavy atom. The van der Waals surface area contributed by atoms with Crippen molar-refractivity contribution >= 4 is 6.09 Å². The van der Waals surface area contributed by atoms with Crippen molar-refractivity contribution in [1.29, 1.82) is 0 Å². The molecule has 0 spiro atoms. The van der Waals surface area contributed by atoms with Crippen LogP contribution in [-0.4, -0.2) is 41.8 Å². The standard InChI is InChI=1S/C18H34N2O2/c1-17(2,3)22-16(21)20-11-7-9-15(20)13-19-14-8-6-10-18(4,5)12-14/h14-15,19H,6-13H2,1-5H3. The summed E-state index contributed by atoms with van der Waals surface area (Å²) >= 11 is 0. The summed E-state index contributed by atoms with van der Waals surface area (Å²) in [6, 6.07) is 0.893. The highest BCUT2D eigenvalue weighted by molar-refractivity contribution is 5.69. The predicted octanol–water partition coefficient (Wildman–Crippen LogP) is 3.94. The Labute approximate surface area is 136 Å². The molecule has 1 N–H and O–H groups in total. The minimum absolute atomic E-state index is 0.152. The smallest absolute Gasteiger partial charge is 0.410 e. The van der Waals surface area contributed by atoms with Crippen LogP contribution in [0.15, 0.2) is 0 Å². The van der Waals surface area contributed by atoms with Gasteiger partial charge in [-0.3, -0.25) is 0 Å². The molecule has 2 aliphatic rings. The lowest BCUT2D eigenvalue weighted by Gasteiger charge is -2.37. The van der Waals surface area contributed by atoms with E-state index in [0.717, 1.165) is 25.9 Å². The fourth-order valence-electron chi connectivity index (χ4n) is 3.78. The molecule has 2 rings (SSSR count). The zero-order valence-electron chi connectivity index (χ0n) is 15.1. The summed E-state index contributed by atoms with van der Waals surface area (Å²) in [6.07, 6.45) is 7.17. The van der Waals surface area contributed by atoms with Crippen LogP contribution in [0.1, 0.15) is 73.1 Å². The molecule has 128 valence electrons. The molecule has 2 fully saturated rings. The molecule has 2 atom stereocenters. The minimum atomic E-state index is -0.412. The SMILES string of the molecule is CC1(C)CCCC(NCC2CCCN2C(=O)OC(C)(C)C)C1. The summed E-state index contributed by atoms with van der Waals surface area (Å²) in [4.78, 5) is 14.2. The van der Waals surface area contributed by atoms with Gasteiger partial charge in [0.25, 0.3) is 0 Å². The van der Waals surface area contributed by atoms with Gasteiger partial charge in [0.1, 0.15) is 5.60 Å². The first-order valence-corrected chi connectivity index (χ1v) is 8.89. The Bertz CT molecular complexity index is 387. The van der Waals surface area contributed by atoms with E-state index in [1.165, 1.54) is 25.7 Å². The van der Waals surface area contributed by atoms with E-state index in [1.54, 1.807) is 0 Å². The lowest BCUT2D eigenvalue weighted by atomic mass is 9.75. The van der Waals surface area contributed by atoms with Crippen molar-refractivity contribution in [3.8, 4) is 0 Å². The van der Waals surface area contributed by atoms with E-state index in [9.17, 15) is 4.79 Å².